The lowest BCUT2D eigenvalue weighted by Gasteiger charge is -2.23. The Hall–Kier alpha value is -2.15. The quantitative estimate of drug-likeness (QED) is 0.589. The summed E-state index contributed by atoms with van der Waals surface area (Å²) in [5, 5.41) is 0. The van der Waals surface area contributed by atoms with Gasteiger partial charge in [-0.15, -0.1) is 17.9 Å². The average molecular weight is 335 g/mol. The molecule has 6 nitrogen and oxygen atoms in total. The second-order valence-corrected chi connectivity index (χ2v) is 6.96. The van der Waals surface area contributed by atoms with Crippen LogP contribution in [0.4, 0.5) is 4.79 Å². The molecule has 124 valence electrons. The number of rotatable bonds is 6. The minimum atomic E-state index is -0.725. The van der Waals surface area contributed by atoms with Crippen molar-refractivity contribution in [1.82, 2.24) is 14.7 Å². The van der Waals surface area contributed by atoms with Crippen LogP contribution >= 0.6 is 11.3 Å². The number of urea groups is 1. The van der Waals surface area contributed by atoms with E-state index in [9.17, 15) is 14.4 Å². The Bertz CT molecular complexity index is 640. The molecule has 0 unspecified atom stereocenters. The van der Waals surface area contributed by atoms with Gasteiger partial charge in [0.25, 0.3) is 5.91 Å². The van der Waals surface area contributed by atoms with E-state index in [1.165, 1.54) is 16.8 Å². The molecule has 1 atom stereocenters. The van der Waals surface area contributed by atoms with Gasteiger partial charge in [-0.05, 0) is 19.1 Å². The summed E-state index contributed by atoms with van der Waals surface area (Å²) in [6.07, 6.45) is 1.65. The molecule has 1 aromatic rings. The third kappa shape index (κ3) is 3.61. The summed E-state index contributed by atoms with van der Waals surface area (Å²) in [5.74, 6) is -0.499. The molecule has 7 heteroatoms. The molecular weight excluding hydrogens is 314 g/mol. The molecule has 0 N–H and O–H groups in total. The first-order valence-corrected chi connectivity index (χ1v) is 8.15. The topological polar surface area (TPSA) is 60.9 Å². The minimum Gasteiger partial charge on any atom is -0.334 e. The highest BCUT2D eigenvalue weighted by Gasteiger charge is 2.42. The number of carbonyl (C=O) groups excluding carboxylic acids is 3. The number of amides is 4. The number of hydrogen-bond acceptors (Lipinski definition) is 4. The molecule has 0 spiro atoms. The third-order valence-electron chi connectivity index (χ3n) is 3.88. The molecule has 1 fully saturated rings. The van der Waals surface area contributed by atoms with Gasteiger partial charge in [0, 0.05) is 30.4 Å². The van der Waals surface area contributed by atoms with Crippen LogP contribution in [0.3, 0.4) is 0 Å². The zero-order valence-electron chi connectivity index (χ0n) is 13.6. The molecular formula is C16H21N3O3S. The minimum absolute atomic E-state index is 0.0103. The van der Waals surface area contributed by atoms with Crippen molar-refractivity contribution in [2.24, 2.45) is 0 Å². The van der Waals surface area contributed by atoms with E-state index >= 15 is 0 Å². The van der Waals surface area contributed by atoms with Crippen LogP contribution in [0.25, 0.3) is 0 Å². The number of hydrogen-bond donors (Lipinski definition) is 0. The normalized spacial score (nSPS) is 17.8. The van der Waals surface area contributed by atoms with E-state index in [4.69, 9.17) is 0 Å². The first-order chi connectivity index (χ1) is 10.8. The summed E-state index contributed by atoms with van der Waals surface area (Å²) >= 11 is 1.64. The predicted molar refractivity (Wildman–Crippen MR) is 89.0 cm³/mol. The summed E-state index contributed by atoms with van der Waals surface area (Å²) < 4.78 is 0. The predicted octanol–water partition coefficient (Wildman–Crippen LogP) is 1.85. The molecule has 0 aromatic carbocycles. The van der Waals surface area contributed by atoms with Gasteiger partial charge in [0.05, 0.1) is 13.0 Å². The van der Waals surface area contributed by atoms with Crippen molar-refractivity contribution in [1.29, 1.82) is 0 Å². The Morgan fingerprint density at radius 2 is 2.09 bits per heavy atom. The van der Waals surface area contributed by atoms with Crippen LogP contribution in [0.2, 0.25) is 0 Å². The monoisotopic (exact) mass is 335 g/mol. The maximum atomic E-state index is 12.6. The highest BCUT2D eigenvalue weighted by molar-refractivity contribution is 7.11. The first-order valence-electron chi connectivity index (χ1n) is 7.33. The first kappa shape index (κ1) is 17.2. The lowest BCUT2D eigenvalue weighted by atomic mass is 10.1. The van der Waals surface area contributed by atoms with E-state index in [-0.39, 0.29) is 24.3 Å². The van der Waals surface area contributed by atoms with E-state index in [2.05, 4.69) is 6.58 Å². The van der Waals surface area contributed by atoms with Gasteiger partial charge < -0.3 is 9.80 Å². The molecule has 23 heavy (non-hydrogen) atoms. The second-order valence-electron chi connectivity index (χ2n) is 5.59. The van der Waals surface area contributed by atoms with E-state index < -0.39 is 6.04 Å². The van der Waals surface area contributed by atoms with Gasteiger partial charge >= 0.3 is 6.03 Å². The Balaban J connectivity index is 2.07. The zero-order valence-corrected chi connectivity index (χ0v) is 14.4. The number of thiophene rings is 1. The molecule has 1 aromatic heterocycles. The molecule has 4 amide bonds. The summed E-state index contributed by atoms with van der Waals surface area (Å²) in [4.78, 5) is 42.7. The second kappa shape index (κ2) is 6.95. The third-order valence-corrected chi connectivity index (χ3v) is 4.87. The van der Waals surface area contributed by atoms with Gasteiger partial charge in [0.1, 0.15) is 6.04 Å². The number of likely N-dealkylation sites (N-methyl/N-ethyl adjacent to an activating group) is 2. The molecule has 2 rings (SSSR count). The highest BCUT2D eigenvalue weighted by Crippen LogP contribution is 2.20. The molecule has 1 aliphatic heterocycles. The van der Waals surface area contributed by atoms with Crippen LogP contribution in [0, 0.1) is 6.92 Å². The maximum absolute atomic E-state index is 12.6. The van der Waals surface area contributed by atoms with Gasteiger partial charge in [-0.25, -0.2) is 4.79 Å². The van der Waals surface area contributed by atoms with Crippen molar-refractivity contribution in [3.05, 3.63) is 34.5 Å². The van der Waals surface area contributed by atoms with Crippen molar-refractivity contribution in [3.8, 4) is 0 Å². The zero-order chi connectivity index (χ0) is 17.1. The molecule has 1 aliphatic rings. The average Bonchev–Trinajstić information content (AvgIpc) is 3.00. The van der Waals surface area contributed by atoms with Crippen molar-refractivity contribution < 1.29 is 14.4 Å². The lowest BCUT2D eigenvalue weighted by Crippen LogP contribution is -2.39. The van der Waals surface area contributed by atoms with Gasteiger partial charge in [-0.2, -0.15) is 0 Å². The highest BCUT2D eigenvalue weighted by atomic mass is 32.1. The molecule has 1 saturated heterocycles. The lowest BCUT2D eigenvalue weighted by molar-refractivity contribution is -0.136. The van der Waals surface area contributed by atoms with E-state index in [0.717, 1.165) is 9.78 Å². The number of carbonyl (C=O) groups is 3. The smallest absolute Gasteiger partial charge is 0.326 e. The number of nitrogens with zero attached hydrogens (tertiary/aromatic N) is 3. The summed E-state index contributed by atoms with van der Waals surface area (Å²) in [7, 11) is 2.98. The SMILES string of the molecule is C=CCN(Cc1ccc(C)s1)C(=O)C[C@H]1C(=O)N(C)C(=O)N1C. The van der Waals surface area contributed by atoms with Gasteiger partial charge in [0.15, 0.2) is 0 Å². The molecule has 2 heterocycles. The largest absolute Gasteiger partial charge is 0.334 e. The Morgan fingerprint density at radius 1 is 1.39 bits per heavy atom. The maximum Gasteiger partial charge on any atom is 0.326 e. The van der Waals surface area contributed by atoms with Crippen LogP contribution in [0.5, 0.6) is 0 Å². The molecule has 0 saturated carbocycles. The van der Waals surface area contributed by atoms with Crippen LogP contribution in [-0.4, -0.2) is 59.2 Å². The number of aryl methyl sites for hydroxylation is 1. The molecule has 0 aliphatic carbocycles. The van der Waals surface area contributed by atoms with Gasteiger partial charge in [-0.3, -0.25) is 14.5 Å². The fraction of sp³-hybridized carbons (Fsp3) is 0.438. The summed E-state index contributed by atoms with van der Waals surface area (Å²) in [6.45, 7) is 6.59. The Morgan fingerprint density at radius 3 is 2.57 bits per heavy atom. The fourth-order valence-corrected chi connectivity index (χ4v) is 3.45. The molecule has 0 bridgehead atoms. The Kier molecular flexibility index (Phi) is 5.20. The van der Waals surface area contributed by atoms with Crippen molar-refractivity contribution in [2.45, 2.75) is 25.9 Å². The van der Waals surface area contributed by atoms with Crippen molar-refractivity contribution in [3.63, 3.8) is 0 Å². The van der Waals surface area contributed by atoms with Crippen molar-refractivity contribution >= 4 is 29.2 Å². The van der Waals surface area contributed by atoms with Crippen LogP contribution in [-0.2, 0) is 16.1 Å². The van der Waals surface area contributed by atoms with Gasteiger partial charge in [0.2, 0.25) is 5.91 Å². The van der Waals surface area contributed by atoms with Gasteiger partial charge in [-0.1, -0.05) is 6.08 Å². The van der Waals surface area contributed by atoms with E-state index in [1.54, 1.807) is 29.4 Å². The molecule has 0 radical (unpaired) electrons. The van der Waals surface area contributed by atoms with Crippen LogP contribution in [0.1, 0.15) is 16.2 Å². The van der Waals surface area contributed by atoms with E-state index in [0.29, 0.717) is 13.1 Å². The van der Waals surface area contributed by atoms with Crippen LogP contribution < -0.4 is 0 Å². The number of imide groups is 1. The Labute approximate surface area is 140 Å². The summed E-state index contributed by atoms with van der Waals surface area (Å²) in [6, 6.07) is 2.90. The standard InChI is InChI=1S/C16H21N3O3S/c1-5-8-19(10-12-7-6-11(2)23-12)14(20)9-13-15(21)18(4)16(22)17(13)3/h5-7,13H,1,8-10H2,2-4H3/t13-/m0/s1. The fourth-order valence-electron chi connectivity index (χ4n) is 2.54. The van der Waals surface area contributed by atoms with Crippen LogP contribution in [0.15, 0.2) is 24.8 Å². The summed E-state index contributed by atoms with van der Waals surface area (Å²) in [5.41, 5.74) is 0. The van der Waals surface area contributed by atoms with E-state index in [1.807, 2.05) is 19.1 Å². The van der Waals surface area contributed by atoms with Crippen molar-refractivity contribution in [2.75, 3.05) is 20.6 Å².